The first-order chi connectivity index (χ1) is 19.7. The summed E-state index contributed by atoms with van der Waals surface area (Å²) < 4.78 is 39.4. The lowest BCUT2D eigenvalue weighted by Crippen LogP contribution is -2.58. The fourth-order valence-electron chi connectivity index (χ4n) is 4.87. The molecule has 0 saturated carbocycles. The maximum Gasteiger partial charge on any atom is 0.282 e. The topological polar surface area (TPSA) is 115 Å². The van der Waals surface area contributed by atoms with Crippen LogP contribution in [0.25, 0.3) is 0 Å². The zero-order valence-corrected chi connectivity index (χ0v) is 22.7. The highest BCUT2D eigenvalue weighted by Gasteiger charge is 2.35. The second kappa shape index (κ2) is 11.9. The molecular formula is C29H31F2N5O5. The Bertz CT molecular complexity index is 1440. The molecule has 4 bridgehead atoms. The van der Waals surface area contributed by atoms with Gasteiger partial charge in [-0.15, -0.1) is 0 Å². The van der Waals surface area contributed by atoms with Gasteiger partial charge in [-0.05, 0) is 55.3 Å². The van der Waals surface area contributed by atoms with Gasteiger partial charge in [0.2, 0.25) is 5.91 Å². The van der Waals surface area contributed by atoms with Crippen LogP contribution in [-0.4, -0.2) is 64.2 Å². The maximum absolute atomic E-state index is 13.4. The molecule has 3 aliphatic rings. The van der Waals surface area contributed by atoms with E-state index < -0.39 is 24.5 Å². The Labute approximate surface area is 235 Å². The number of likely N-dealkylation sites (tertiary alicyclic amines) is 1. The van der Waals surface area contributed by atoms with Crippen LogP contribution in [0.1, 0.15) is 45.7 Å². The van der Waals surface area contributed by atoms with Crippen molar-refractivity contribution in [2.45, 2.75) is 51.9 Å². The molecule has 0 unspecified atom stereocenters. The lowest BCUT2D eigenvalue weighted by Gasteiger charge is -2.39. The number of hydrogen-bond acceptors (Lipinski definition) is 6. The van der Waals surface area contributed by atoms with E-state index >= 15 is 0 Å². The molecule has 2 N–H and O–H groups in total. The summed E-state index contributed by atoms with van der Waals surface area (Å²) in [6, 6.07) is 12.9. The minimum Gasteiger partial charge on any atom is -0.488 e. The molecule has 1 saturated heterocycles. The van der Waals surface area contributed by atoms with Gasteiger partial charge in [-0.1, -0.05) is 18.2 Å². The van der Waals surface area contributed by atoms with Gasteiger partial charge in [-0.25, -0.2) is 8.78 Å². The van der Waals surface area contributed by atoms with Crippen LogP contribution in [0.5, 0.6) is 11.5 Å². The van der Waals surface area contributed by atoms with Crippen LogP contribution in [0.2, 0.25) is 0 Å². The SMILES string of the molecule is Cc1ccc2cc1OCC(=O)NCc1ccc(cc1)O[C@H]1CCN(C(=O)Cn3nc(C(F)F)cc3C)C[C@@H]1NC2=O. The third kappa shape index (κ3) is 6.64. The second-order valence-electron chi connectivity index (χ2n) is 10.2. The van der Waals surface area contributed by atoms with Crippen LogP contribution in [0.15, 0.2) is 48.5 Å². The predicted octanol–water partition coefficient (Wildman–Crippen LogP) is 2.92. The molecule has 1 fully saturated rings. The van der Waals surface area contributed by atoms with Crippen LogP contribution in [0.4, 0.5) is 8.78 Å². The van der Waals surface area contributed by atoms with Gasteiger partial charge in [0.05, 0.1) is 6.04 Å². The molecule has 3 aromatic rings. The summed E-state index contributed by atoms with van der Waals surface area (Å²) in [4.78, 5) is 40.5. The second-order valence-corrected chi connectivity index (χ2v) is 10.2. The fourth-order valence-corrected chi connectivity index (χ4v) is 4.87. The molecule has 0 spiro atoms. The van der Waals surface area contributed by atoms with Crippen molar-refractivity contribution in [3.8, 4) is 11.5 Å². The summed E-state index contributed by atoms with van der Waals surface area (Å²) in [6.45, 7) is 3.86. The largest absolute Gasteiger partial charge is 0.488 e. The van der Waals surface area contributed by atoms with E-state index in [2.05, 4.69) is 15.7 Å². The Balaban J connectivity index is 1.38. The lowest BCUT2D eigenvalue weighted by atomic mass is 10.0. The van der Waals surface area contributed by atoms with E-state index in [4.69, 9.17) is 9.47 Å². The van der Waals surface area contributed by atoms with Crippen LogP contribution in [0.3, 0.4) is 0 Å². The van der Waals surface area contributed by atoms with Gasteiger partial charge in [0.1, 0.15) is 29.8 Å². The number of nitrogens with zero attached hydrogens (tertiary/aromatic N) is 3. The number of benzene rings is 2. The number of rotatable bonds is 3. The van der Waals surface area contributed by atoms with E-state index in [0.717, 1.165) is 11.1 Å². The summed E-state index contributed by atoms with van der Waals surface area (Å²) in [6.07, 6.45) is -2.74. The van der Waals surface area contributed by atoms with Gasteiger partial charge in [-0.2, -0.15) is 5.10 Å². The molecule has 2 aromatic carbocycles. The standard InChI is InChI=1S/C29H31F2N5O5/c1-17-3-6-20-12-25(17)40-16-26(37)32-13-19-4-7-21(8-5-19)41-24-9-10-35(14-23(24)33-29(20)39)27(38)15-36-18(2)11-22(34-36)28(30)31/h3-8,11-12,23-24,28H,9-10,13-16H2,1-2H3,(H,32,37)(H,33,39)/t23-,24-/m0/s1. The summed E-state index contributed by atoms with van der Waals surface area (Å²) >= 11 is 0. The molecular weight excluding hydrogens is 536 g/mol. The quantitative estimate of drug-likeness (QED) is 0.503. The van der Waals surface area contributed by atoms with Gasteiger partial charge in [-0.3, -0.25) is 19.1 Å². The van der Waals surface area contributed by atoms with Gasteiger partial charge in [0.25, 0.3) is 18.2 Å². The molecule has 4 heterocycles. The summed E-state index contributed by atoms with van der Waals surface area (Å²) in [7, 11) is 0. The van der Waals surface area contributed by atoms with E-state index in [9.17, 15) is 23.2 Å². The number of carbonyl (C=O) groups is 3. The maximum atomic E-state index is 13.4. The molecule has 0 aliphatic carbocycles. The smallest absolute Gasteiger partial charge is 0.282 e. The van der Waals surface area contributed by atoms with Crippen molar-refractivity contribution in [3.63, 3.8) is 0 Å². The Morgan fingerprint density at radius 3 is 2.63 bits per heavy atom. The van der Waals surface area contributed by atoms with E-state index in [1.807, 2.05) is 19.1 Å². The Hall–Kier alpha value is -4.48. The van der Waals surface area contributed by atoms with Crippen molar-refractivity contribution < 1.29 is 32.6 Å². The van der Waals surface area contributed by atoms with Crippen LogP contribution in [0, 0.1) is 13.8 Å². The number of halogens is 2. The molecule has 10 nitrogen and oxygen atoms in total. The number of aryl methyl sites for hydroxylation is 2. The first-order valence-electron chi connectivity index (χ1n) is 13.3. The van der Waals surface area contributed by atoms with Crippen molar-refractivity contribution in [2.24, 2.45) is 0 Å². The fraction of sp³-hybridized carbons (Fsp3) is 0.379. The van der Waals surface area contributed by atoms with Gasteiger partial charge >= 0.3 is 0 Å². The first-order valence-corrected chi connectivity index (χ1v) is 13.3. The van der Waals surface area contributed by atoms with Crippen molar-refractivity contribution >= 4 is 17.7 Å². The molecule has 41 heavy (non-hydrogen) atoms. The van der Waals surface area contributed by atoms with Crippen molar-refractivity contribution in [3.05, 3.63) is 76.6 Å². The average molecular weight is 568 g/mol. The number of fused-ring (bicyclic) bond motifs is 7. The van der Waals surface area contributed by atoms with Crippen molar-refractivity contribution in [1.29, 1.82) is 0 Å². The monoisotopic (exact) mass is 567 g/mol. The summed E-state index contributed by atoms with van der Waals surface area (Å²) in [5.74, 6) is 0.000504. The van der Waals surface area contributed by atoms with Crippen LogP contribution >= 0.6 is 0 Å². The molecule has 3 amide bonds. The third-order valence-corrected chi connectivity index (χ3v) is 7.24. The van der Waals surface area contributed by atoms with Crippen molar-refractivity contribution in [1.82, 2.24) is 25.3 Å². The molecule has 12 heteroatoms. The highest BCUT2D eigenvalue weighted by atomic mass is 19.3. The molecule has 6 rings (SSSR count). The number of nitrogens with one attached hydrogen (secondary N) is 2. The van der Waals surface area contributed by atoms with Gasteiger partial charge in [0.15, 0.2) is 6.61 Å². The Kier molecular flexibility index (Phi) is 8.18. The lowest BCUT2D eigenvalue weighted by molar-refractivity contribution is -0.134. The van der Waals surface area contributed by atoms with E-state index in [-0.39, 0.29) is 37.2 Å². The number of alkyl halides is 2. The number of aromatic nitrogens is 2. The Morgan fingerprint density at radius 1 is 1.12 bits per heavy atom. The zero-order chi connectivity index (χ0) is 29.1. The third-order valence-electron chi connectivity index (χ3n) is 7.24. The molecule has 216 valence electrons. The number of amides is 3. The van der Waals surface area contributed by atoms with E-state index in [1.54, 1.807) is 42.2 Å². The molecule has 1 aromatic heterocycles. The summed E-state index contributed by atoms with van der Waals surface area (Å²) in [5.41, 5.74) is 2.05. The van der Waals surface area contributed by atoms with Crippen molar-refractivity contribution in [2.75, 3.05) is 19.7 Å². The predicted molar refractivity (Wildman–Crippen MR) is 144 cm³/mol. The average Bonchev–Trinajstić information content (AvgIpc) is 3.32. The minimum atomic E-state index is -2.73. The number of hydrogen-bond donors (Lipinski definition) is 2. The molecule has 3 aliphatic heterocycles. The molecule has 2 atom stereocenters. The highest BCUT2D eigenvalue weighted by Crippen LogP contribution is 2.24. The zero-order valence-electron chi connectivity index (χ0n) is 22.7. The number of carbonyl (C=O) groups excluding carboxylic acids is 3. The first kappa shape index (κ1) is 28.1. The van der Waals surface area contributed by atoms with Gasteiger partial charge in [0, 0.05) is 37.3 Å². The minimum absolute atomic E-state index is 0.156. The number of ether oxygens (including phenoxy) is 2. The van der Waals surface area contributed by atoms with Crippen LogP contribution < -0.4 is 20.1 Å². The normalized spacial score (nSPS) is 19.5. The molecule has 0 radical (unpaired) electrons. The van der Waals surface area contributed by atoms with E-state index in [0.29, 0.717) is 42.3 Å². The number of piperidine rings is 1. The highest BCUT2D eigenvalue weighted by molar-refractivity contribution is 5.95. The van der Waals surface area contributed by atoms with E-state index in [1.165, 1.54) is 10.7 Å². The van der Waals surface area contributed by atoms with Crippen LogP contribution in [-0.2, 0) is 22.7 Å². The Morgan fingerprint density at radius 2 is 1.90 bits per heavy atom. The van der Waals surface area contributed by atoms with Gasteiger partial charge < -0.3 is 25.0 Å². The summed E-state index contributed by atoms with van der Waals surface area (Å²) in [5, 5.41) is 9.68.